The van der Waals surface area contributed by atoms with Gasteiger partial charge in [-0.15, -0.1) is 0 Å². The second kappa shape index (κ2) is 8.50. The largest absolute Gasteiger partial charge is 0.484 e. The average Bonchev–Trinajstić information content (AvgIpc) is 2.60. The zero-order chi connectivity index (χ0) is 19.3. The van der Waals surface area contributed by atoms with Crippen LogP contribution in [0.1, 0.15) is 18.4 Å². The van der Waals surface area contributed by atoms with Gasteiger partial charge in [-0.2, -0.15) is 0 Å². The third-order valence-corrected chi connectivity index (χ3v) is 5.77. The van der Waals surface area contributed by atoms with Gasteiger partial charge < -0.3 is 15.4 Å². The molecule has 0 unspecified atom stereocenters. The minimum atomic E-state index is -3.23. The molecular formula is C17H25N3O5S. The Morgan fingerprint density at radius 2 is 1.81 bits per heavy atom. The molecule has 26 heavy (non-hydrogen) atoms. The topological polar surface area (TPSA) is 110 Å². The molecule has 2 N–H and O–H groups in total. The maximum atomic E-state index is 12.2. The van der Waals surface area contributed by atoms with Gasteiger partial charge in [-0.25, -0.2) is 12.7 Å². The predicted molar refractivity (Wildman–Crippen MR) is 96.7 cm³/mol. The van der Waals surface area contributed by atoms with Crippen molar-refractivity contribution in [1.82, 2.24) is 9.21 Å². The highest BCUT2D eigenvalue weighted by atomic mass is 32.2. The van der Waals surface area contributed by atoms with E-state index in [2.05, 4.69) is 0 Å². The van der Waals surface area contributed by atoms with Gasteiger partial charge in [-0.1, -0.05) is 12.1 Å². The fourth-order valence-electron chi connectivity index (χ4n) is 2.72. The third kappa shape index (κ3) is 5.70. The number of likely N-dealkylation sites (tertiary alicyclic amines) is 1. The number of benzene rings is 1. The molecular weight excluding hydrogens is 358 g/mol. The van der Waals surface area contributed by atoms with Crippen molar-refractivity contribution < 1.29 is 22.7 Å². The molecule has 1 aromatic carbocycles. The molecule has 2 amide bonds. The summed E-state index contributed by atoms with van der Waals surface area (Å²) in [5, 5.41) is 0. The average molecular weight is 383 g/mol. The lowest BCUT2D eigenvalue weighted by Gasteiger charge is -2.30. The van der Waals surface area contributed by atoms with Crippen molar-refractivity contribution in [3.05, 3.63) is 29.8 Å². The van der Waals surface area contributed by atoms with E-state index in [9.17, 15) is 18.0 Å². The maximum Gasteiger partial charge on any atom is 0.260 e. The molecule has 1 fully saturated rings. The monoisotopic (exact) mass is 383 g/mol. The van der Waals surface area contributed by atoms with Gasteiger partial charge in [0.05, 0.1) is 6.26 Å². The van der Waals surface area contributed by atoms with Gasteiger partial charge in [0.15, 0.2) is 6.61 Å². The molecule has 1 aromatic rings. The van der Waals surface area contributed by atoms with E-state index in [0.717, 1.165) is 11.8 Å². The number of carbonyl (C=O) groups is 2. The van der Waals surface area contributed by atoms with Crippen molar-refractivity contribution in [1.29, 1.82) is 0 Å². The fourth-order valence-corrected chi connectivity index (χ4v) is 3.10. The number of rotatable bonds is 7. The molecule has 2 rings (SSSR count). The highest BCUT2D eigenvalue weighted by Crippen LogP contribution is 2.18. The molecule has 1 aliphatic rings. The zero-order valence-corrected chi connectivity index (χ0v) is 15.9. The molecule has 144 valence electrons. The van der Waals surface area contributed by atoms with Crippen molar-refractivity contribution in [2.24, 2.45) is 11.7 Å². The molecule has 1 saturated heterocycles. The summed E-state index contributed by atoms with van der Waals surface area (Å²) in [7, 11) is -1.72. The Balaban J connectivity index is 1.81. The number of hydrogen-bond acceptors (Lipinski definition) is 5. The first-order valence-electron chi connectivity index (χ1n) is 8.37. The Morgan fingerprint density at radius 1 is 1.23 bits per heavy atom. The van der Waals surface area contributed by atoms with Gasteiger partial charge >= 0.3 is 0 Å². The molecule has 0 bridgehead atoms. The highest BCUT2D eigenvalue weighted by Gasteiger charge is 2.25. The van der Waals surface area contributed by atoms with Gasteiger partial charge in [-0.05, 0) is 30.5 Å². The first kappa shape index (κ1) is 20.2. The van der Waals surface area contributed by atoms with Crippen molar-refractivity contribution in [3.63, 3.8) is 0 Å². The molecule has 1 heterocycles. The smallest absolute Gasteiger partial charge is 0.260 e. The number of nitrogens with zero attached hydrogens (tertiary/aromatic N) is 2. The lowest BCUT2D eigenvalue weighted by atomic mass is 9.96. The third-order valence-electron chi connectivity index (χ3n) is 4.51. The van der Waals surface area contributed by atoms with E-state index >= 15 is 0 Å². The van der Waals surface area contributed by atoms with Crippen molar-refractivity contribution in [2.45, 2.75) is 19.4 Å². The van der Waals surface area contributed by atoms with Crippen LogP contribution in [0.4, 0.5) is 0 Å². The fraction of sp³-hybridized carbons (Fsp3) is 0.529. The second-order valence-corrected chi connectivity index (χ2v) is 8.60. The van der Waals surface area contributed by atoms with Crippen LogP contribution in [0.3, 0.4) is 0 Å². The van der Waals surface area contributed by atoms with Crippen LogP contribution < -0.4 is 10.5 Å². The minimum Gasteiger partial charge on any atom is -0.484 e. The summed E-state index contributed by atoms with van der Waals surface area (Å²) in [5.74, 6) is -0.0579. The van der Waals surface area contributed by atoms with Gasteiger partial charge in [0.2, 0.25) is 15.9 Å². The molecule has 0 aliphatic carbocycles. The van der Waals surface area contributed by atoms with Crippen LogP contribution in [0, 0.1) is 5.92 Å². The molecule has 0 radical (unpaired) electrons. The standard InChI is InChI=1S/C17H25N3O5S/c1-19(26(2,23)24)11-13-3-5-15(6-4-13)25-12-16(21)20-9-7-14(8-10-20)17(18)22/h3-6,14H,7-12H2,1-2H3,(H2,18,22). The molecule has 0 atom stereocenters. The number of sulfonamides is 1. The van der Waals surface area contributed by atoms with Gasteiger partial charge in [0.25, 0.3) is 5.91 Å². The van der Waals surface area contributed by atoms with Crippen LogP contribution in [0.2, 0.25) is 0 Å². The van der Waals surface area contributed by atoms with Crippen LogP contribution in [-0.4, -0.2) is 62.4 Å². The van der Waals surface area contributed by atoms with Crippen LogP contribution in [0.15, 0.2) is 24.3 Å². The molecule has 0 spiro atoms. The molecule has 0 saturated carbocycles. The van der Waals surface area contributed by atoms with E-state index in [4.69, 9.17) is 10.5 Å². The summed E-state index contributed by atoms with van der Waals surface area (Å²) in [4.78, 5) is 25.0. The van der Waals surface area contributed by atoms with E-state index < -0.39 is 10.0 Å². The molecule has 0 aromatic heterocycles. The van der Waals surface area contributed by atoms with Gasteiger partial charge in [0, 0.05) is 32.6 Å². The quantitative estimate of drug-likeness (QED) is 0.722. The second-order valence-electron chi connectivity index (χ2n) is 6.51. The van der Waals surface area contributed by atoms with Crippen molar-refractivity contribution in [2.75, 3.05) is 33.0 Å². The number of nitrogens with two attached hydrogens (primary N) is 1. The number of ether oxygens (including phenoxy) is 1. The van der Waals surface area contributed by atoms with E-state index in [-0.39, 0.29) is 30.9 Å². The normalized spacial score (nSPS) is 15.9. The zero-order valence-electron chi connectivity index (χ0n) is 15.1. The first-order chi connectivity index (χ1) is 12.2. The summed E-state index contributed by atoms with van der Waals surface area (Å²) < 4.78 is 29.6. The lowest BCUT2D eigenvalue weighted by molar-refractivity contribution is -0.136. The number of piperidine rings is 1. The summed E-state index contributed by atoms with van der Waals surface area (Å²) in [6.45, 7) is 1.20. The van der Waals surface area contributed by atoms with Crippen molar-refractivity contribution in [3.8, 4) is 5.75 Å². The summed E-state index contributed by atoms with van der Waals surface area (Å²) in [5.41, 5.74) is 6.11. The lowest BCUT2D eigenvalue weighted by Crippen LogP contribution is -2.43. The predicted octanol–water partition coefficient (Wildman–Crippen LogP) is 0.181. The summed E-state index contributed by atoms with van der Waals surface area (Å²) in [6.07, 6.45) is 2.33. The van der Waals surface area contributed by atoms with Gasteiger partial charge in [-0.3, -0.25) is 9.59 Å². The Kier molecular flexibility index (Phi) is 6.60. The van der Waals surface area contributed by atoms with E-state index in [1.54, 1.807) is 29.2 Å². The Bertz CT molecular complexity index is 740. The van der Waals surface area contributed by atoms with Crippen LogP contribution >= 0.6 is 0 Å². The summed E-state index contributed by atoms with van der Waals surface area (Å²) in [6, 6.07) is 6.94. The van der Waals surface area contributed by atoms with Crippen LogP contribution in [-0.2, 0) is 26.2 Å². The Hall–Kier alpha value is -2.13. The number of hydrogen-bond donors (Lipinski definition) is 1. The Labute approximate surface area is 153 Å². The van der Waals surface area contributed by atoms with E-state index in [0.29, 0.717) is 31.7 Å². The molecule has 8 nitrogen and oxygen atoms in total. The van der Waals surface area contributed by atoms with Crippen LogP contribution in [0.25, 0.3) is 0 Å². The highest BCUT2D eigenvalue weighted by molar-refractivity contribution is 7.88. The molecule has 9 heteroatoms. The van der Waals surface area contributed by atoms with Crippen LogP contribution in [0.5, 0.6) is 5.75 Å². The maximum absolute atomic E-state index is 12.2. The number of primary amides is 1. The first-order valence-corrected chi connectivity index (χ1v) is 10.2. The molecule has 1 aliphatic heterocycles. The SMILES string of the molecule is CN(Cc1ccc(OCC(=O)N2CCC(C(N)=O)CC2)cc1)S(C)(=O)=O. The van der Waals surface area contributed by atoms with Gasteiger partial charge in [0.1, 0.15) is 5.75 Å². The Morgan fingerprint density at radius 3 is 2.31 bits per heavy atom. The van der Waals surface area contributed by atoms with E-state index in [1.165, 1.54) is 11.4 Å². The van der Waals surface area contributed by atoms with E-state index in [1.807, 2.05) is 0 Å². The summed E-state index contributed by atoms with van der Waals surface area (Å²) >= 11 is 0. The number of amides is 2. The number of carbonyl (C=O) groups excluding carboxylic acids is 2. The van der Waals surface area contributed by atoms with Crippen molar-refractivity contribution >= 4 is 21.8 Å². The minimum absolute atomic E-state index is 0.0795.